The molecule has 4 heteroatoms. The first kappa shape index (κ1) is 13.9. The summed E-state index contributed by atoms with van der Waals surface area (Å²) in [4.78, 5) is 2.50. The molecule has 2 unspecified atom stereocenters. The van der Waals surface area contributed by atoms with Crippen molar-refractivity contribution in [2.24, 2.45) is 5.92 Å². The number of nitrogens with one attached hydrogen (secondary N) is 1. The molecule has 1 saturated heterocycles. The predicted octanol–water partition coefficient (Wildman–Crippen LogP) is 0.925. The first-order chi connectivity index (χ1) is 7.71. The van der Waals surface area contributed by atoms with E-state index in [-0.39, 0.29) is 12.3 Å². The van der Waals surface area contributed by atoms with Crippen LogP contribution in [0, 0.1) is 5.92 Å². The van der Waals surface area contributed by atoms with Gasteiger partial charge >= 0.3 is 0 Å². The SMILES string of the molecule is CCN1CCC(CNC(C)C(OC)OC)C1. The predicted molar refractivity (Wildman–Crippen MR) is 65.5 cm³/mol. The topological polar surface area (TPSA) is 33.7 Å². The van der Waals surface area contributed by atoms with Gasteiger partial charge in [0, 0.05) is 20.8 Å². The van der Waals surface area contributed by atoms with Crippen LogP contribution in [0.5, 0.6) is 0 Å². The number of rotatable bonds is 7. The molecule has 1 N–H and O–H groups in total. The van der Waals surface area contributed by atoms with Gasteiger partial charge in [0.05, 0.1) is 6.04 Å². The monoisotopic (exact) mass is 230 g/mol. The van der Waals surface area contributed by atoms with Gasteiger partial charge in [-0.3, -0.25) is 0 Å². The van der Waals surface area contributed by atoms with Crippen LogP contribution in [-0.2, 0) is 9.47 Å². The number of likely N-dealkylation sites (tertiary alicyclic amines) is 1. The van der Waals surface area contributed by atoms with E-state index in [9.17, 15) is 0 Å². The van der Waals surface area contributed by atoms with Gasteiger partial charge in [-0.1, -0.05) is 6.92 Å². The Morgan fingerprint density at radius 3 is 2.56 bits per heavy atom. The van der Waals surface area contributed by atoms with E-state index in [4.69, 9.17) is 9.47 Å². The van der Waals surface area contributed by atoms with Crippen molar-refractivity contribution >= 4 is 0 Å². The fourth-order valence-electron chi connectivity index (χ4n) is 2.32. The molecule has 0 spiro atoms. The molecule has 0 amide bonds. The Hall–Kier alpha value is -0.160. The van der Waals surface area contributed by atoms with Gasteiger partial charge in [0.25, 0.3) is 0 Å². The molecule has 1 fully saturated rings. The summed E-state index contributed by atoms with van der Waals surface area (Å²) in [7, 11) is 3.36. The molecule has 4 nitrogen and oxygen atoms in total. The summed E-state index contributed by atoms with van der Waals surface area (Å²) in [6, 6.07) is 0.241. The number of hydrogen-bond donors (Lipinski definition) is 1. The summed E-state index contributed by atoms with van der Waals surface area (Å²) in [6.07, 6.45) is 1.15. The van der Waals surface area contributed by atoms with Crippen LogP contribution in [0.4, 0.5) is 0 Å². The first-order valence-corrected chi connectivity index (χ1v) is 6.22. The van der Waals surface area contributed by atoms with Gasteiger partial charge in [-0.2, -0.15) is 0 Å². The smallest absolute Gasteiger partial charge is 0.171 e. The Morgan fingerprint density at radius 1 is 1.38 bits per heavy atom. The summed E-state index contributed by atoms with van der Waals surface area (Å²) < 4.78 is 10.4. The van der Waals surface area contributed by atoms with Crippen molar-refractivity contribution in [3.63, 3.8) is 0 Å². The maximum absolute atomic E-state index is 5.22. The molecule has 1 heterocycles. The number of nitrogens with zero attached hydrogens (tertiary/aromatic N) is 1. The summed E-state index contributed by atoms with van der Waals surface area (Å²) >= 11 is 0. The van der Waals surface area contributed by atoms with Crippen LogP contribution < -0.4 is 5.32 Å². The lowest BCUT2D eigenvalue weighted by Gasteiger charge is -2.23. The highest BCUT2D eigenvalue weighted by Gasteiger charge is 2.22. The Kier molecular flexibility index (Phi) is 6.28. The van der Waals surface area contributed by atoms with Crippen LogP contribution in [0.15, 0.2) is 0 Å². The molecule has 0 radical (unpaired) electrons. The molecule has 1 aliphatic rings. The molecule has 0 aromatic rings. The number of hydrogen-bond acceptors (Lipinski definition) is 4. The zero-order chi connectivity index (χ0) is 12.0. The lowest BCUT2D eigenvalue weighted by atomic mass is 10.1. The Balaban J connectivity index is 2.19. The molecule has 96 valence electrons. The van der Waals surface area contributed by atoms with Crippen molar-refractivity contribution in [2.45, 2.75) is 32.6 Å². The van der Waals surface area contributed by atoms with E-state index in [1.807, 2.05) is 0 Å². The zero-order valence-corrected chi connectivity index (χ0v) is 11.0. The van der Waals surface area contributed by atoms with Crippen molar-refractivity contribution < 1.29 is 9.47 Å². The van der Waals surface area contributed by atoms with Crippen molar-refractivity contribution in [3.8, 4) is 0 Å². The van der Waals surface area contributed by atoms with E-state index in [0.29, 0.717) is 0 Å². The molecular formula is C12H26N2O2. The minimum atomic E-state index is -0.149. The van der Waals surface area contributed by atoms with Crippen LogP contribution in [0.1, 0.15) is 20.3 Å². The second-order valence-electron chi connectivity index (χ2n) is 4.58. The Bertz CT molecular complexity index is 186. The molecular weight excluding hydrogens is 204 g/mol. The van der Waals surface area contributed by atoms with Crippen molar-refractivity contribution in [1.29, 1.82) is 0 Å². The van der Waals surface area contributed by atoms with Crippen LogP contribution in [0.25, 0.3) is 0 Å². The van der Waals surface area contributed by atoms with Crippen molar-refractivity contribution in [2.75, 3.05) is 40.4 Å². The second kappa shape index (κ2) is 7.22. The van der Waals surface area contributed by atoms with Crippen molar-refractivity contribution in [3.05, 3.63) is 0 Å². The van der Waals surface area contributed by atoms with Gasteiger partial charge in [-0.15, -0.1) is 0 Å². The van der Waals surface area contributed by atoms with Crippen LogP contribution in [-0.4, -0.2) is 57.6 Å². The highest BCUT2D eigenvalue weighted by atomic mass is 16.7. The molecule has 0 aromatic carbocycles. The summed E-state index contributed by atoms with van der Waals surface area (Å²) in [5, 5.41) is 3.49. The van der Waals surface area contributed by atoms with E-state index in [1.54, 1.807) is 14.2 Å². The van der Waals surface area contributed by atoms with Crippen LogP contribution >= 0.6 is 0 Å². The normalized spacial score (nSPS) is 24.2. The van der Waals surface area contributed by atoms with Gasteiger partial charge < -0.3 is 19.7 Å². The van der Waals surface area contributed by atoms with E-state index in [1.165, 1.54) is 26.1 Å². The number of methoxy groups -OCH3 is 2. The minimum Gasteiger partial charge on any atom is -0.354 e. The summed E-state index contributed by atoms with van der Waals surface area (Å²) in [6.45, 7) is 9.02. The third-order valence-electron chi connectivity index (χ3n) is 3.42. The van der Waals surface area contributed by atoms with Gasteiger partial charge in [-0.05, 0) is 38.9 Å². The largest absolute Gasteiger partial charge is 0.354 e. The summed E-state index contributed by atoms with van der Waals surface area (Å²) in [5.74, 6) is 0.775. The quantitative estimate of drug-likeness (QED) is 0.660. The third kappa shape index (κ3) is 4.01. The highest BCUT2D eigenvalue weighted by Crippen LogP contribution is 2.15. The maximum atomic E-state index is 5.22. The first-order valence-electron chi connectivity index (χ1n) is 6.22. The Morgan fingerprint density at radius 2 is 2.06 bits per heavy atom. The highest BCUT2D eigenvalue weighted by molar-refractivity contribution is 4.78. The maximum Gasteiger partial charge on any atom is 0.171 e. The number of ether oxygens (including phenoxy) is 2. The van der Waals surface area contributed by atoms with Gasteiger partial charge in [0.2, 0.25) is 0 Å². The van der Waals surface area contributed by atoms with Crippen molar-refractivity contribution in [1.82, 2.24) is 10.2 Å². The average molecular weight is 230 g/mol. The molecule has 0 aliphatic carbocycles. The molecule has 0 bridgehead atoms. The molecule has 2 atom stereocenters. The van der Waals surface area contributed by atoms with E-state index in [0.717, 1.165) is 12.5 Å². The third-order valence-corrected chi connectivity index (χ3v) is 3.42. The minimum absolute atomic E-state index is 0.149. The fraction of sp³-hybridized carbons (Fsp3) is 1.00. The molecule has 0 aromatic heterocycles. The van der Waals surface area contributed by atoms with E-state index in [2.05, 4.69) is 24.1 Å². The van der Waals surface area contributed by atoms with Crippen LogP contribution in [0.2, 0.25) is 0 Å². The summed E-state index contributed by atoms with van der Waals surface area (Å²) in [5.41, 5.74) is 0. The second-order valence-corrected chi connectivity index (χ2v) is 4.58. The average Bonchev–Trinajstić information content (AvgIpc) is 2.76. The molecule has 0 saturated carbocycles. The van der Waals surface area contributed by atoms with Gasteiger partial charge in [-0.25, -0.2) is 0 Å². The van der Waals surface area contributed by atoms with Crippen LogP contribution in [0.3, 0.4) is 0 Å². The molecule has 16 heavy (non-hydrogen) atoms. The lowest BCUT2D eigenvalue weighted by Crippen LogP contribution is -2.42. The fourth-order valence-corrected chi connectivity index (χ4v) is 2.32. The van der Waals surface area contributed by atoms with Gasteiger partial charge in [0.1, 0.15) is 0 Å². The van der Waals surface area contributed by atoms with E-state index < -0.39 is 0 Å². The molecule has 1 aliphatic heterocycles. The lowest BCUT2D eigenvalue weighted by molar-refractivity contribution is -0.119. The van der Waals surface area contributed by atoms with E-state index >= 15 is 0 Å². The molecule has 1 rings (SSSR count). The zero-order valence-electron chi connectivity index (χ0n) is 11.0. The Labute approximate surface area is 99.3 Å². The van der Waals surface area contributed by atoms with Gasteiger partial charge in [0.15, 0.2) is 6.29 Å². The standard InChI is InChI=1S/C12H26N2O2/c1-5-14-7-6-11(9-14)8-13-10(2)12(15-3)16-4/h10-13H,5-9H2,1-4H3.